The lowest BCUT2D eigenvalue weighted by molar-refractivity contribution is -0.484. The number of nitro groups is 1. The number of rotatable bonds is 6. The molecule has 0 bridgehead atoms. The van der Waals surface area contributed by atoms with Gasteiger partial charge in [0.15, 0.2) is 5.03 Å². The maximum absolute atomic E-state index is 10.3. The van der Waals surface area contributed by atoms with Crippen LogP contribution >= 0.6 is 35.1 Å². The van der Waals surface area contributed by atoms with Crippen LogP contribution in [-0.4, -0.2) is 44.9 Å². The molecule has 0 fully saturated rings. The topological polar surface area (TPSA) is 71.6 Å². The van der Waals surface area contributed by atoms with Crippen molar-refractivity contribution in [3.05, 3.63) is 39.2 Å². The van der Waals surface area contributed by atoms with Crippen molar-refractivity contribution in [3.8, 4) is 0 Å². The number of hydrogen-bond donors (Lipinski definition) is 0. The summed E-state index contributed by atoms with van der Waals surface area (Å²) in [5.74, 6) is 0.741. The predicted octanol–water partition coefficient (Wildman–Crippen LogP) is 2.81. The molecule has 0 atom stereocenters. The molecule has 1 rings (SSSR count). The highest BCUT2D eigenvalue weighted by Crippen LogP contribution is 2.15. The summed E-state index contributed by atoms with van der Waals surface area (Å²) < 4.78 is 0.469. The van der Waals surface area contributed by atoms with Gasteiger partial charge in [-0.2, -0.15) is 0 Å². The second-order valence-electron chi connectivity index (χ2n) is 3.88. The highest BCUT2D eigenvalue weighted by molar-refractivity contribution is 8.38. The van der Waals surface area contributed by atoms with Gasteiger partial charge >= 0.3 is 0 Å². The molecule has 9 heteroatoms. The highest BCUT2D eigenvalue weighted by atomic mass is 35.5. The van der Waals surface area contributed by atoms with Crippen LogP contribution in [0.2, 0.25) is 5.15 Å². The molecule has 1 aromatic heterocycles. The van der Waals surface area contributed by atoms with Crippen molar-refractivity contribution < 1.29 is 5.03 Å². The third-order valence-corrected chi connectivity index (χ3v) is 4.50. The predicted molar refractivity (Wildman–Crippen MR) is 86.0 cm³/mol. The molecule has 0 saturated carbocycles. The van der Waals surface area contributed by atoms with E-state index in [2.05, 4.69) is 15.0 Å². The van der Waals surface area contributed by atoms with Gasteiger partial charge in [-0.05, 0) is 24.9 Å². The van der Waals surface area contributed by atoms with E-state index in [1.807, 2.05) is 13.1 Å². The SMILES string of the molecule is CS/C(=N\[N+](=O)[O-])SCCN(C)Cc1ccc(Cl)nc1. The summed E-state index contributed by atoms with van der Waals surface area (Å²) in [6, 6.07) is 3.69. The Balaban J connectivity index is 2.34. The van der Waals surface area contributed by atoms with Gasteiger partial charge in [0.1, 0.15) is 5.15 Å². The van der Waals surface area contributed by atoms with Crippen LogP contribution in [0.15, 0.2) is 23.4 Å². The molecule has 0 radical (unpaired) electrons. The number of pyridine rings is 1. The van der Waals surface area contributed by atoms with Gasteiger partial charge in [-0.3, -0.25) is 0 Å². The summed E-state index contributed by atoms with van der Waals surface area (Å²) >= 11 is 8.39. The molecule has 1 heterocycles. The van der Waals surface area contributed by atoms with E-state index in [0.717, 1.165) is 24.4 Å². The average molecular weight is 335 g/mol. The van der Waals surface area contributed by atoms with Crippen LogP contribution in [0.5, 0.6) is 0 Å². The van der Waals surface area contributed by atoms with Gasteiger partial charge in [0.2, 0.25) is 4.38 Å². The number of thioether (sulfide) groups is 2. The fourth-order valence-electron chi connectivity index (χ4n) is 1.37. The number of aromatic nitrogens is 1. The first-order valence-corrected chi connectivity index (χ1v) is 8.29. The van der Waals surface area contributed by atoms with Gasteiger partial charge in [-0.25, -0.2) is 15.1 Å². The van der Waals surface area contributed by atoms with E-state index < -0.39 is 5.03 Å². The third kappa shape index (κ3) is 7.09. The molecular formula is C11H15ClN4O2S2. The molecule has 110 valence electrons. The van der Waals surface area contributed by atoms with Crippen LogP contribution in [0.4, 0.5) is 0 Å². The molecule has 0 amide bonds. The number of hydrogen-bond acceptors (Lipinski definition) is 6. The zero-order valence-corrected chi connectivity index (χ0v) is 13.5. The van der Waals surface area contributed by atoms with Crippen molar-refractivity contribution in [3.63, 3.8) is 0 Å². The lowest BCUT2D eigenvalue weighted by Gasteiger charge is -2.15. The van der Waals surface area contributed by atoms with E-state index >= 15 is 0 Å². The van der Waals surface area contributed by atoms with E-state index in [0.29, 0.717) is 9.53 Å². The minimum Gasteiger partial charge on any atom is -0.301 e. The van der Waals surface area contributed by atoms with Gasteiger partial charge in [-0.15, -0.1) is 0 Å². The Labute approximate surface area is 131 Å². The van der Waals surface area contributed by atoms with Crippen LogP contribution in [0.25, 0.3) is 0 Å². The molecule has 0 saturated heterocycles. The first-order valence-electron chi connectivity index (χ1n) is 5.70. The van der Waals surface area contributed by atoms with Crippen molar-refractivity contribution in [2.24, 2.45) is 5.10 Å². The maximum Gasteiger partial charge on any atom is 0.203 e. The molecule has 20 heavy (non-hydrogen) atoms. The Morgan fingerprint density at radius 1 is 1.60 bits per heavy atom. The lowest BCUT2D eigenvalue weighted by atomic mass is 10.3. The summed E-state index contributed by atoms with van der Waals surface area (Å²) in [5.41, 5.74) is 1.07. The quantitative estimate of drug-likeness (QED) is 0.262. The van der Waals surface area contributed by atoms with Crippen molar-refractivity contribution in [2.45, 2.75) is 6.54 Å². The third-order valence-electron chi connectivity index (χ3n) is 2.28. The second kappa shape index (κ2) is 9.17. The normalized spacial score (nSPS) is 11.9. The largest absolute Gasteiger partial charge is 0.301 e. The highest BCUT2D eigenvalue weighted by Gasteiger charge is 2.06. The molecule has 0 unspecified atom stereocenters. The number of nitrogens with zero attached hydrogens (tertiary/aromatic N) is 4. The molecule has 0 aliphatic rings. The summed E-state index contributed by atoms with van der Waals surface area (Å²) in [5, 5.41) is 13.4. The summed E-state index contributed by atoms with van der Waals surface area (Å²) in [6.07, 6.45) is 3.52. The molecule has 0 aromatic carbocycles. The lowest BCUT2D eigenvalue weighted by Crippen LogP contribution is -2.21. The maximum atomic E-state index is 10.3. The van der Waals surface area contributed by atoms with Crippen molar-refractivity contribution in [2.75, 3.05) is 25.6 Å². The zero-order chi connectivity index (χ0) is 15.0. The van der Waals surface area contributed by atoms with Gasteiger partial charge in [0, 0.05) is 25.0 Å². The molecule has 6 nitrogen and oxygen atoms in total. The van der Waals surface area contributed by atoms with Crippen LogP contribution in [0.1, 0.15) is 5.56 Å². The van der Waals surface area contributed by atoms with Crippen molar-refractivity contribution in [1.29, 1.82) is 0 Å². The minimum atomic E-state index is -0.665. The van der Waals surface area contributed by atoms with Gasteiger partial charge < -0.3 is 4.90 Å². The summed E-state index contributed by atoms with van der Waals surface area (Å²) in [4.78, 5) is 16.4. The Bertz CT molecular complexity index is 470. The average Bonchev–Trinajstić information content (AvgIpc) is 2.40. The second-order valence-corrected chi connectivity index (χ2v) is 6.41. The van der Waals surface area contributed by atoms with E-state index in [1.54, 1.807) is 18.5 Å². The fourth-order valence-corrected chi connectivity index (χ4v) is 3.06. The van der Waals surface area contributed by atoms with Crippen LogP contribution in [-0.2, 0) is 6.54 Å². The molecule has 0 aliphatic carbocycles. The zero-order valence-electron chi connectivity index (χ0n) is 11.2. The Morgan fingerprint density at radius 3 is 2.90 bits per heavy atom. The Hall–Kier alpha value is -0.830. The Kier molecular flexibility index (Phi) is 7.90. The van der Waals surface area contributed by atoms with Gasteiger partial charge in [0.05, 0.1) is 5.10 Å². The molecule has 1 aromatic rings. The first kappa shape index (κ1) is 17.2. The summed E-state index contributed by atoms with van der Waals surface area (Å²) in [6.45, 7) is 1.55. The van der Waals surface area contributed by atoms with Crippen LogP contribution in [0.3, 0.4) is 0 Å². The Morgan fingerprint density at radius 2 is 2.35 bits per heavy atom. The van der Waals surface area contributed by atoms with Crippen LogP contribution in [0, 0.1) is 10.1 Å². The molecule has 0 spiro atoms. The smallest absolute Gasteiger partial charge is 0.203 e. The monoisotopic (exact) mass is 334 g/mol. The van der Waals surface area contributed by atoms with Crippen molar-refractivity contribution in [1.82, 2.24) is 9.88 Å². The fraction of sp³-hybridized carbons (Fsp3) is 0.455. The molecular weight excluding hydrogens is 320 g/mol. The molecule has 0 N–H and O–H groups in total. The number of hydrazone groups is 1. The number of halogens is 1. The van der Waals surface area contributed by atoms with E-state index in [4.69, 9.17) is 11.6 Å². The first-order chi connectivity index (χ1) is 9.51. The van der Waals surface area contributed by atoms with Gasteiger partial charge in [0.25, 0.3) is 0 Å². The molecule has 0 aliphatic heterocycles. The van der Waals surface area contributed by atoms with E-state index in [-0.39, 0.29) is 0 Å². The standard InChI is InChI=1S/C11H15ClN4O2S2/c1-15(8-9-3-4-10(12)13-7-9)5-6-20-11(19-2)14-16(17)18/h3-4,7H,5-6,8H2,1-2H3/b14-11+. The summed E-state index contributed by atoms with van der Waals surface area (Å²) in [7, 11) is 1.98. The minimum absolute atomic E-state index is 0.469. The van der Waals surface area contributed by atoms with Crippen molar-refractivity contribution >= 4 is 39.5 Å². The van der Waals surface area contributed by atoms with Crippen LogP contribution < -0.4 is 0 Å². The van der Waals surface area contributed by atoms with E-state index in [9.17, 15) is 10.1 Å². The van der Waals surface area contributed by atoms with Gasteiger partial charge in [-0.1, -0.05) is 41.2 Å². The van der Waals surface area contributed by atoms with E-state index in [1.165, 1.54) is 23.5 Å².